The molecule has 0 saturated heterocycles. The molecule has 0 saturated carbocycles. The Morgan fingerprint density at radius 3 is 2.61 bits per heavy atom. The number of aromatic nitrogens is 2. The van der Waals surface area contributed by atoms with Crippen LogP contribution in [0.2, 0.25) is 0 Å². The van der Waals surface area contributed by atoms with Gasteiger partial charge in [0, 0.05) is 10.7 Å². The highest BCUT2D eigenvalue weighted by atomic mass is 79.9. The number of imidazole rings is 1. The van der Waals surface area contributed by atoms with Crippen molar-refractivity contribution in [3.05, 3.63) is 112 Å². The molecule has 0 N–H and O–H groups in total. The summed E-state index contributed by atoms with van der Waals surface area (Å²) in [6, 6.07) is 22.7. The Labute approximate surface area is 189 Å². The maximum Gasteiger partial charge on any atom is 0.147 e. The average Bonchev–Trinajstić information content (AvgIpc) is 3.38. The van der Waals surface area contributed by atoms with E-state index in [4.69, 9.17) is 0 Å². The molecule has 1 aliphatic heterocycles. The molecule has 4 aromatic rings. The van der Waals surface area contributed by atoms with Gasteiger partial charge in [-0.2, -0.15) is 0 Å². The van der Waals surface area contributed by atoms with E-state index in [0.717, 1.165) is 37.8 Å². The minimum absolute atomic E-state index is 0.139. The van der Waals surface area contributed by atoms with Crippen LogP contribution >= 0.6 is 15.9 Å². The summed E-state index contributed by atoms with van der Waals surface area (Å²) in [7, 11) is 0. The Balaban J connectivity index is 1.54. The van der Waals surface area contributed by atoms with Crippen LogP contribution in [-0.4, -0.2) is 15.5 Å². The van der Waals surface area contributed by atoms with Crippen LogP contribution < -0.4 is 4.90 Å². The predicted octanol–water partition coefficient (Wildman–Crippen LogP) is 6.07. The Morgan fingerprint density at radius 1 is 1.03 bits per heavy atom. The van der Waals surface area contributed by atoms with E-state index in [0.29, 0.717) is 12.2 Å². The lowest BCUT2D eigenvalue weighted by molar-refractivity contribution is 0.565. The van der Waals surface area contributed by atoms with Crippen LogP contribution in [0, 0.1) is 0 Å². The standard InChI is InChI=1S/C26H20BrN3O/c1-18-14-30(25-13-28-17-29(25)15-19-9-11-21(27)12-10-19)24(16-31)26(18)23-8-4-6-20-5-2-3-7-22(20)23/h2-14,17,26H,15H2,1H3. The van der Waals surface area contributed by atoms with E-state index in [9.17, 15) is 4.79 Å². The SMILES string of the molecule is CC1=CN(c2cncn2Cc2ccc(Br)cc2)C(=C=O)C1c1cccc2ccccc12. The van der Waals surface area contributed by atoms with Crippen molar-refractivity contribution in [2.24, 2.45) is 0 Å². The van der Waals surface area contributed by atoms with E-state index in [1.54, 1.807) is 12.5 Å². The van der Waals surface area contributed by atoms with Gasteiger partial charge in [0.15, 0.2) is 0 Å². The van der Waals surface area contributed by atoms with E-state index in [-0.39, 0.29) is 5.92 Å². The molecular weight excluding hydrogens is 450 g/mol. The number of hydrogen-bond acceptors (Lipinski definition) is 3. The van der Waals surface area contributed by atoms with Crippen molar-refractivity contribution in [2.75, 3.05) is 4.90 Å². The topological polar surface area (TPSA) is 38.1 Å². The molecule has 5 heteroatoms. The molecule has 0 amide bonds. The first kappa shape index (κ1) is 19.6. The van der Waals surface area contributed by atoms with Gasteiger partial charge in [-0.05, 0) is 46.5 Å². The first-order valence-electron chi connectivity index (χ1n) is 10.1. The minimum Gasteiger partial charge on any atom is -0.312 e. The predicted molar refractivity (Wildman–Crippen MR) is 128 cm³/mol. The molecule has 0 radical (unpaired) electrons. The molecule has 0 aliphatic carbocycles. The van der Waals surface area contributed by atoms with E-state index in [1.165, 1.54) is 0 Å². The number of carbonyl (C=O) groups excluding carboxylic acids is 1. The number of halogens is 1. The summed E-state index contributed by atoms with van der Waals surface area (Å²) in [6.45, 7) is 2.73. The Hall–Kier alpha value is -3.40. The molecule has 5 rings (SSSR count). The molecule has 152 valence electrons. The van der Waals surface area contributed by atoms with Crippen molar-refractivity contribution >= 4 is 38.5 Å². The molecule has 0 spiro atoms. The molecule has 1 aromatic heterocycles. The van der Waals surface area contributed by atoms with Crippen molar-refractivity contribution in [1.29, 1.82) is 0 Å². The van der Waals surface area contributed by atoms with Crippen LogP contribution in [0.15, 0.2) is 101 Å². The highest BCUT2D eigenvalue weighted by Gasteiger charge is 2.33. The van der Waals surface area contributed by atoms with Crippen LogP contribution in [0.3, 0.4) is 0 Å². The van der Waals surface area contributed by atoms with Gasteiger partial charge in [-0.15, -0.1) is 0 Å². The minimum atomic E-state index is -0.139. The van der Waals surface area contributed by atoms with Gasteiger partial charge < -0.3 is 4.57 Å². The summed E-state index contributed by atoms with van der Waals surface area (Å²) in [5.74, 6) is 2.95. The zero-order valence-corrected chi connectivity index (χ0v) is 18.6. The van der Waals surface area contributed by atoms with Crippen LogP contribution in [-0.2, 0) is 11.3 Å². The van der Waals surface area contributed by atoms with Gasteiger partial charge in [0.2, 0.25) is 0 Å². The third-order valence-corrected chi connectivity index (χ3v) is 6.29. The Morgan fingerprint density at radius 2 is 1.81 bits per heavy atom. The van der Waals surface area contributed by atoms with Gasteiger partial charge in [-0.3, -0.25) is 4.90 Å². The summed E-state index contributed by atoms with van der Waals surface area (Å²) < 4.78 is 3.10. The summed E-state index contributed by atoms with van der Waals surface area (Å²) in [5, 5.41) is 2.32. The zero-order chi connectivity index (χ0) is 21.4. The molecule has 4 nitrogen and oxygen atoms in total. The largest absolute Gasteiger partial charge is 0.312 e. The number of benzene rings is 3. The fraction of sp³-hybridized carbons (Fsp3) is 0.115. The fourth-order valence-electron chi connectivity index (χ4n) is 4.32. The van der Waals surface area contributed by atoms with Gasteiger partial charge in [-0.1, -0.05) is 70.5 Å². The normalized spacial score (nSPS) is 15.9. The first-order valence-corrected chi connectivity index (χ1v) is 10.9. The van der Waals surface area contributed by atoms with E-state index >= 15 is 0 Å². The summed E-state index contributed by atoms with van der Waals surface area (Å²) in [5.41, 5.74) is 3.97. The summed E-state index contributed by atoms with van der Waals surface area (Å²) in [4.78, 5) is 18.5. The van der Waals surface area contributed by atoms with Crippen LogP contribution in [0.5, 0.6) is 0 Å². The number of rotatable bonds is 4. The van der Waals surface area contributed by atoms with Crippen molar-refractivity contribution in [2.45, 2.75) is 19.4 Å². The lowest BCUT2D eigenvalue weighted by Crippen LogP contribution is -2.19. The van der Waals surface area contributed by atoms with Crippen molar-refractivity contribution in [3.8, 4) is 0 Å². The van der Waals surface area contributed by atoms with E-state index in [1.807, 2.05) is 41.4 Å². The molecule has 31 heavy (non-hydrogen) atoms. The van der Waals surface area contributed by atoms with Gasteiger partial charge >= 0.3 is 0 Å². The van der Waals surface area contributed by atoms with Crippen LogP contribution in [0.1, 0.15) is 24.0 Å². The Kier molecular flexibility index (Phi) is 5.06. The smallest absolute Gasteiger partial charge is 0.147 e. The van der Waals surface area contributed by atoms with Gasteiger partial charge in [-0.25, -0.2) is 9.78 Å². The number of fused-ring (bicyclic) bond motifs is 1. The van der Waals surface area contributed by atoms with Crippen molar-refractivity contribution in [3.63, 3.8) is 0 Å². The second-order valence-electron chi connectivity index (χ2n) is 7.74. The third kappa shape index (κ3) is 3.52. The second-order valence-corrected chi connectivity index (χ2v) is 8.65. The number of hydrogen-bond donors (Lipinski definition) is 0. The highest BCUT2D eigenvalue weighted by molar-refractivity contribution is 9.10. The van der Waals surface area contributed by atoms with Crippen molar-refractivity contribution in [1.82, 2.24) is 9.55 Å². The van der Waals surface area contributed by atoms with Gasteiger partial charge in [0.25, 0.3) is 0 Å². The van der Waals surface area contributed by atoms with E-state index in [2.05, 4.69) is 74.7 Å². The Bertz CT molecular complexity index is 1340. The molecule has 2 heterocycles. The molecule has 1 atom stereocenters. The molecule has 1 unspecified atom stereocenters. The van der Waals surface area contributed by atoms with Crippen LogP contribution in [0.4, 0.5) is 5.82 Å². The monoisotopic (exact) mass is 469 g/mol. The third-order valence-electron chi connectivity index (χ3n) is 5.76. The fourth-order valence-corrected chi connectivity index (χ4v) is 4.58. The number of anilines is 1. The average molecular weight is 470 g/mol. The lowest BCUT2D eigenvalue weighted by atomic mass is 9.88. The molecule has 0 bridgehead atoms. The molecule has 3 aromatic carbocycles. The first-order chi connectivity index (χ1) is 15.2. The number of nitrogens with zero attached hydrogens (tertiary/aromatic N) is 3. The lowest BCUT2D eigenvalue weighted by Gasteiger charge is -2.22. The van der Waals surface area contributed by atoms with Gasteiger partial charge in [0.05, 0.1) is 25.0 Å². The summed E-state index contributed by atoms with van der Waals surface area (Å²) >= 11 is 3.48. The van der Waals surface area contributed by atoms with Crippen LogP contribution in [0.25, 0.3) is 10.8 Å². The molecule has 1 aliphatic rings. The maximum absolute atomic E-state index is 12.2. The molecule has 0 fully saturated rings. The summed E-state index contributed by atoms with van der Waals surface area (Å²) in [6.07, 6.45) is 5.63. The van der Waals surface area contributed by atoms with E-state index < -0.39 is 0 Å². The van der Waals surface area contributed by atoms with Crippen molar-refractivity contribution < 1.29 is 4.79 Å². The quantitative estimate of drug-likeness (QED) is 0.340. The number of allylic oxidation sites excluding steroid dienone is 1. The second kappa shape index (κ2) is 8.03. The maximum atomic E-state index is 12.2. The molecular formula is C26H20BrN3O. The zero-order valence-electron chi connectivity index (χ0n) is 17.0. The van der Waals surface area contributed by atoms with Gasteiger partial charge in [0.1, 0.15) is 17.5 Å². The highest BCUT2D eigenvalue weighted by Crippen LogP contribution is 2.43.